The van der Waals surface area contributed by atoms with Crippen LogP contribution in [0.4, 0.5) is 0 Å². The average molecular weight is 300 g/mol. The molecule has 3 rings (SSSR count). The van der Waals surface area contributed by atoms with Gasteiger partial charge in [-0.25, -0.2) is 0 Å². The molecule has 0 fully saturated rings. The summed E-state index contributed by atoms with van der Waals surface area (Å²) >= 11 is 0. The van der Waals surface area contributed by atoms with E-state index in [9.17, 15) is 0 Å². The summed E-state index contributed by atoms with van der Waals surface area (Å²) in [7, 11) is 0. The Kier molecular flexibility index (Phi) is 4.09. The molecule has 116 valence electrons. The second-order valence-corrected chi connectivity index (χ2v) is 7.27. The third-order valence-corrected chi connectivity index (χ3v) is 4.32. The molecule has 0 N–H and O–H groups in total. The lowest BCUT2D eigenvalue weighted by molar-refractivity contribution is 0.590. The standard InChI is InChI=1S/C23H24/c1-17-6-5-7-21(16-17)20-10-8-18(9-11-20)19-12-14-22(15-13-19)23(2,3)4/h5-16H,1-4H3. The van der Waals surface area contributed by atoms with Crippen molar-refractivity contribution in [2.24, 2.45) is 0 Å². The van der Waals surface area contributed by atoms with Crippen LogP contribution in [0.5, 0.6) is 0 Å². The average Bonchev–Trinajstić information content (AvgIpc) is 2.54. The van der Waals surface area contributed by atoms with E-state index < -0.39 is 0 Å². The summed E-state index contributed by atoms with van der Waals surface area (Å²) in [6.45, 7) is 8.88. The molecule has 3 aromatic rings. The van der Waals surface area contributed by atoms with Crippen molar-refractivity contribution in [1.82, 2.24) is 0 Å². The molecule has 0 radical (unpaired) electrons. The monoisotopic (exact) mass is 300 g/mol. The molecular weight excluding hydrogens is 276 g/mol. The minimum absolute atomic E-state index is 0.202. The van der Waals surface area contributed by atoms with Gasteiger partial charge in [-0.05, 0) is 40.2 Å². The Hall–Kier alpha value is -2.34. The van der Waals surface area contributed by atoms with Crippen molar-refractivity contribution < 1.29 is 0 Å². The van der Waals surface area contributed by atoms with E-state index in [1.54, 1.807) is 0 Å². The lowest BCUT2D eigenvalue weighted by Gasteiger charge is -2.19. The molecule has 0 heterocycles. The first-order chi connectivity index (χ1) is 10.9. The van der Waals surface area contributed by atoms with Crippen LogP contribution < -0.4 is 0 Å². The zero-order chi connectivity index (χ0) is 16.4. The molecule has 0 amide bonds. The molecule has 0 aromatic heterocycles. The Bertz CT molecular complexity index is 785. The Balaban J connectivity index is 1.88. The lowest BCUT2D eigenvalue weighted by Crippen LogP contribution is -2.10. The summed E-state index contributed by atoms with van der Waals surface area (Å²) in [6, 6.07) is 26.4. The van der Waals surface area contributed by atoms with Crippen LogP contribution in [0.15, 0.2) is 72.8 Å². The second kappa shape index (κ2) is 6.04. The highest BCUT2D eigenvalue weighted by atomic mass is 14.2. The molecule has 0 nitrogen and oxygen atoms in total. The third kappa shape index (κ3) is 3.53. The van der Waals surface area contributed by atoms with Crippen LogP contribution in [-0.2, 0) is 5.41 Å². The lowest BCUT2D eigenvalue weighted by atomic mass is 9.86. The first kappa shape index (κ1) is 15.6. The molecule has 0 spiro atoms. The van der Waals surface area contributed by atoms with Crippen LogP contribution in [-0.4, -0.2) is 0 Å². The molecule has 0 saturated heterocycles. The molecule has 0 aliphatic rings. The maximum atomic E-state index is 2.25. The van der Waals surface area contributed by atoms with Crippen molar-refractivity contribution in [2.75, 3.05) is 0 Å². The molecule has 0 bridgehead atoms. The highest BCUT2D eigenvalue weighted by Gasteiger charge is 2.13. The van der Waals surface area contributed by atoms with Gasteiger partial charge in [0.1, 0.15) is 0 Å². The predicted molar refractivity (Wildman–Crippen MR) is 101 cm³/mol. The van der Waals surface area contributed by atoms with E-state index in [4.69, 9.17) is 0 Å². The van der Waals surface area contributed by atoms with E-state index in [-0.39, 0.29) is 5.41 Å². The van der Waals surface area contributed by atoms with Crippen LogP contribution in [0.2, 0.25) is 0 Å². The maximum absolute atomic E-state index is 2.25. The van der Waals surface area contributed by atoms with Gasteiger partial charge in [0.25, 0.3) is 0 Å². The molecule has 0 aliphatic carbocycles. The van der Waals surface area contributed by atoms with Gasteiger partial charge in [0.2, 0.25) is 0 Å². The fourth-order valence-corrected chi connectivity index (χ4v) is 2.84. The Morgan fingerprint density at radius 2 is 1.04 bits per heavy atom. The molecule has 23 heavy (non-hydrogen) atoms. The first-order valence-electron chi connectivity index (χ1n) is 8.21. The summed E-state index contributed by atoms with van der Waals surface area (Å²) in [6.07, 6.45) is 0. The largest absolute Gasteiger partial charge is 0.0614 e. The van der Waals surface area contributed by atoms with Crippen LogP contribution in [0.1, 0.15) is 31.9 Å². The molecule has 0 unspecified atom stereocenters. The van der Waals surface area contributed by atoms with E-state index in [1.165, 1.54) is 33.4 Å². The van der Waals surface area contributed by atoms with Crippen LogP contribution in [0.25, 0.3) is 22.3 Å². The van der Waals surface area contributed by atoms with Crippen molar-refractivity contribution >= 4 is 0 Å². The number of aryl methyl sites for hydroxylation is 1. The van der Waals surface area contributed by atoms with Gasteiger partial charge in [0.05, 0.1) is 0 Å². The fourth-order valence-electron chi connectivity index (χ4n) is 2.84. The minimum Gasteiger partial charge on any atom is -0.0614 e. The normalized spacial score (nSPS) is 11.5. The smallest absolute Gasteiger partial charge is 0.0132 e. The SMILES string of the molecule is Cc1cccc(-c2ccc(-c3ccc(C(C)(C)C)cc3)cc2)c1. The van der Waals surface area contributed by atoms with E-state index in [0.717, 1.165) is 0 Å². The van der Waals surface area contributed by atoms with Gasteiger partial charge in [0, 0.05) is 0 Å². The highest BCUT2D eigenvalue weighted by Crippen LogP contribution is 2.28. The minimum atomic E-state index is 0.202. The molecule has 0 atom stereocenters. The van der Waals surface area contributed by atoms with E-state index in [0.29, 0.717) is 0 Å². The Morgan fingerprint density at radius 1 is 0.565 bits per heavy atom. The summed E-state index contributed by atoms with van der Waals surface area (Å²) < 4.78 is 0. The van der Waals surface area contributed by atoms with Crippen LogP contribution >= 0.6 is 0 Å². The maximum Gasteiger partial charge on any atom is -0.0132 e. The van der Waals surface area contributed by atoms with Gasteiger partial charge in [-0.3, -0.25) is 0 Å². The summed E-state index contributed by atoms with van der Waals surface area (Å²) in [4.78, 5) is 0. The predicted octanol–water partition coefficient (Wildman–Crippen LogP) is 6.63. The quantitative estimate of drug-likeness (QED) is 0.498. The second-order valence-electron chi connectivity index (χ2n) is 7.27. The van der Waals surface area contributed by atoms with Gasteiger partial charge >= 0.3 is 0 Å². The molecule has 3 aromatic carbocycles. The Morgan fingerprint density at radius 3 is 1.52 bits per heavy atom. The Labute approximate surface area is 139 Å². The molecule has 0 heteroatoms. The van der Waals surface area contributed by atoms with E-state index in [1.807, 2.05) is 0 Å². The van der Waals surface area contributed by atoms with E-state index >= 15 is 0 Å². The van der Waals surface area contributed by atoms with Crippen molar-refractivity contribution in [3.05, 3.63) is 83.9 Å². The molecular formula is C23H24. The zero-order valence-electron chi connectivity index (χ0n) is 14.4. The highest BCUT2D eigenvalue weighted by molar-refractivity contribution is 5.70. The molecule has 0 aliphatic heterocycles. The first-order valence-corrected chi connectivity index (χ1v) is 8.21. The van der Waals surface area contributed by atoms with E-state index in [2.05, 4.69) is 100 Å². The van der Waals surface area contributed by atoms with Crippen LogP contribution in [0, 0.1) is 6.92 Å². The van der Waals surface area contributed by atoms with Crippen molar-refractivity contribution in [1.29, 1.82) is 0 Å². The molecule has 0 saturated carbocycles. The van der Waals surface area contributed by atoms with Gasteiger partial charge < -0.3 is 0 Å². The number of rotatable bonds is 2. The zero-order valence-corrected chi connectivity index (χ0v) is 14.4. The van der Waals surface area contributed by atoms with Crippen LogP contribution in [0.3, 0.4) is 0 Å². The summed E-state index contributed by atoms with van der Waals surface area (Å²) in [5.41, 5.74) is 7.95. The fraction of sp³-hybridized carbons (Fsp3) is 0.217. The summed E-state index contributed by atoms with van der Waals surface area (Å²) in [5.74, 6) is 0. The summed E-state index contributed by atoms with van der Waals surface area (Å²) in [5, 5.41) is 0. The number of hydrogen-bond donors (Lipinski definition) is 0. The number of hydrogen-bond acceptors (Lipinski definition) is 0. The van der Waals surface area contributed by atoms with Gasteiger partial charge in [-0.2, -0.15) is 0 Å². The van der Waals surface area contributed by atoms with Crippen molar-refractivity contribution in [3.63, 3.8) is 0 Å². The van der Waals surface area contributed by atoms with Crippen molar-refractivity contribution in [3.8, 4) is 22.3 Å². The van der Waals surface area contributed by atoms with Gasteiger partial charge in [0.15, 0.2) is 0 Å². The van der Waals surface area contributed by atoms with Gasteiger partial charge in [-0.15, -0.1) is 0 Å². The third-order valence-electron chi connectivity index (χ3n) is 4.32. The van der Waals surface area contributed by atoms with Gasteiger partial charge in [-0.1, -0.05) is 99.1 Å². The topological polar surface area (TPSA) is 0 Å². The number of benzene rings is 3. The van der Waals surface area contributed by atoms with Crippen molar-refractivity contribution in [2.45, 2.75) is 33.1 Å².